The van der Waals surface area contributed by atoms with Crippen molar-refractivity contribution in [2.75, 3.05) is 5.75 Å². The summed E-state index contributed by atoms with van der Waals surface area (Å²) >= 11 is 1.64. The SMILES string of the molecule is O=c1[nH]nc(SCC2CCCC2)[nH]1. The highest BCUT2D eigenvalue weighted by Crippen LogP contribution is 2.29. The molecule has 13 heavy (non-hydrogen) atoms. The van der Waals surface area contributed by atoms with Gasteiger partial charge in [0, 0.05) is 5.75 Å². The van der Waals surface area contributed by atoms with Gasteiger partial charge in [0.2, 0.25) is 0 Å². The number of hydrogen-bond donors (Lipinski definition) is 2. The van der Waals surface area contributed by atoms with Gasteiger partial charge >= 0.3 is 5.69 Å². The van der Waals surface area contributed by atoms with Gasteiger partial charge in [-0.15, -0.1) is 5.10 Å². The molecule has 1 aromatic rings. The molecule has 1 heterocycles. The second-order valence-electron chi connectivity index (χ2n) is 3.44. The Labute approximate surface area is 80.5 Å². The Morgan fingerprint density at radius 3 is 2.85 bits per heavy atom. The van der Waals surface area contributed by atoms with Gasteiger partial charge in [-0.05, 0) is 18.8 Å². The first kappa shape index (κ1) is 8.87. The molecule has 2 N–H and O–H groups in total. The first-order chi connectivity index (χ1) is 6.34. The van der Waals surface area contributed by atoms with Crippen molar-refractivity contribution in [1.29, 1.82) is 0 Å². The molecule has 1 aromatic heterocycles. The molecular weight excluding hydrogens is 186 g/mol. The summed E-state index contributed by atoms with van der Waals surface area (Å²) in [6.07, 6.45) is 5.40. The second kappa shape index (κ2) is 4.00. The molecule has 0 aliphatic heterocycles. The van der Waals surface area contributed by atoms with E-state index in [9.17, 15) is 4.79 Å². The summed E-state index contributed by atoms with van der Waals surface area (Å²) < 4.78 is 0. The first-order valence-electron chi connectivity index (χ1n) is 4.62. The smallest absolute Gasteiger partial charge is 0.284 e. The number of hydrogen-bond acceptors (Lipinski definition) is 3. The van der Waals surface area contributed by atoms with Crippen molar-refractivity contribution in [2.45, 2.75) is 30.8 Å². The molecule has 0 bridgehead atoms. The van der Waals surface area contributed by atoms with Crippen LogP contribution in [-0.2, 0) is 0 Å². The van der Waals surface area contributed by atoms with E-state index in [-0.39, 0.29) is 5.69 Å². The topological polar surface area (TPSA) is 61.5 Å². The summed E-state index contributed by atoms with van der Waals surface area (Å²) in [7, 11) is 0. The number of rotatable bonds is 3. The minimum absolute atomic E-state index is 0.214. The maximum Gasteiger partial charge on any atom is 0.341 e. The average molecular weight is 199 g/mol. The zero-order valence-electron chi connectivity index (χ0n) is 7.38. The fourth-order valence-corrected chi connectivity index (χ4v) is 2.70. The van der Waals surface area contributed by atoms with E-state index in [4.69, 9.17) is 0 Å². The van der Waals surface area contributed by atoms with Crippen LogP contribution in [-0.4, -0.2) is 20.9 Å². The second-order valence-corrected chi connectivity index (χ2v) is 4.45. The van der Waals surface area contributed by atoms with Gasteiger partial charge < -0.3 is 0 Å². The maximum atomic E-state index is 10.7. The van der Waals surface area contributed by atoms with Gasteiger partial charge in [-0.1, -0.05) is 24.6 Å². The zero-order valence-corrected chi connectivity index (χ0v) is 8.19. The molecule has 1 saturated carbocycles. The summed E-state index contributed by atoms with van der Waals surface area (Å²) in [5.74, 6) is 1.91. The van der Waals surface area contributed by atoms with E-state index in [1.54, 1.807) is 11.8 Å². The van der Waals surface area contributed by atoms with E-state index in [0.717, 1.165) is 16.8 Å². The highest BCUT2D eigenvalue weighted by Gasteiger charge is 2.15. The Bertz CT molecular complexity index is 313. The van der Waals surface area contributed by atoms with Crippen LogP contribution in [0.5, 0.6) is 0 Å². The molecule has 0 atom stereocenters. The van der Waals surface area contributed by atoms with Crippen molar-refractivity contribution in [3.63, 3.8) is 0 Å². The normalized spacial score (nSPS) is 18.2. The van der Waals surface area contributed by atoms with Gasteiger partial charge in [-0.2, -0.15) is 0 Å². The number of H-pyrrole nitrogens is 2. The summed E-state index contributed by atoms with van der Waals surface area (Å²) in [5.41, 5.74) is -0.214. The Kier molecular flexibility index (Phi) is 2.73. The number of thioether (sulfide) groups is 1. The van der Waals surface area contributed by atoms with Crippen LogP contribution in [0, 0.1) is 5.92 Å². The van der Waals surface area contributed by atoms with E-state index in [0.29, 0.717) is 0 Å². The largest absolute Gasteiger partial charge is 0.341 e. The third kappa shape index (κ3) is 2.37. The quantitative estimate of drug-likeness (QED) is 0.723. The lowest BCUT2D eigenvalue weighted by atomic mass is 10.1. The van der Waals surface area contributed by atoms with Crippen LogP contribution < -0.4 is 5.69 Å². The van der Waals surface area contributed by atoms with Crippen molar-refractivity contribution in [3.8, 4) is 0 Å². The maximum absolute atomic E-state index is 10.7. The van der Waals surface area contributed by atoms with Gasteiger partial charge in [-0.3, -0.25) is 4.98 Å². The lowest BCUT2D eigenvalue weighted by Crippen LogP contribution is -2.01. The molecule has 5 heteroatoms. The highest BCUT2D eigenvalue weighted by atomic mass is 32.2. The highest BCUT2D eigenvalue weighted by molar-refractivity contribution is 7.99. The lowest BCUT2D eigenvalue weighted by Gasteiger charge is -2.04. The van der Waals surface area contributed by atoms with Gasteiger partial charge in [0.05, 0.1) is 0 Å². The molecule has 72 valence electrons. The summed E-state index contributed by atoms with van der Waals surface area (Å²) in [5, 5.41) is 6.93. The van der Waals surface area contributed by atoms with Crippen molar-refractivity contribution in [3.05, 3.63) is 10.5 Å². The monoisotopic (exact) mass is 199 g/mol. The van der Waals surface area contributed by atoms with Crippen LogP contribution >= 0.6 is 11.8 Å². The molecule has 0 unspecified atom stereocenters. The third-order valence-corrected chi connectivity index (χ3v) is 3.51. The molecule has 0 saturated heterocycles. The van der Waals surface area contributed by atoms with E-state index in [1.165, 1.54) is 25.7 Å². The van der Waals surface area contributed by atoms with E-state index < -0.39 is 0 Å². The minimum Gasteiger partial charge on any atom is -0.284 e. The van der Waals surface area contributed by atoms with Gasteiger partial charge in [0.25, 0.3) is 0 Å². The van der Waals surface area contributed by atoms with Crippen LogP contribution in [0.4, 0.5) is 0 Å². The Balaban J connectivity index is 1.82. The number of aromatic nitrogens is 3. The predicted molar refractivity (Wildman–Crippen MR) is 51.9 cm³/mol. The molecule has 4 nitrogen and oxygen atoms in total. The average Bonchev–Trinajstić information content (AvgIpc) is 2.71. The molecule has 1 fully saturated rings. The predicted octanol–water partition coefficient (Wildman–Crippen LogP) is 1.38. The number of nitrogens with zero attached hydrogens (tertiary/aromatic N) is 1. The Morgan fingerprint density at radius 2 is 2.23 bits per heavy atom. The fraction of sp³-hybridized carbons (Fsp3) is 0.750. The van der Waals surface area contributed by atoms with Crippen LogP contribution in [0.3, 0.4) is 0 Å². The molecular formula is C8H13N3OS. The van der Waals surface area contributed by atoms with Gasteiger partial charge in [0.1, 0.15) is 0 Å². The van der Waals surface area contributed by atoms with E-state index in [2.05, 4.69) is 15.2 Å². The van der Waals surface area contributed by atoms with Crippen molar-refractivity contribution in [1.82, 2.24) is 15.2 Å². The molecule has 1 aliphatic carbocycles. The zero-order chi connectivity index (χ0) is 9.10. The number of nitrogens with one attached hydrogen (secondary N) is 2. The van der Waals surface area contributed by atoms with E-state index >= 15 is 0 Å². The molecule has 0 spiro atoms. The van der Waals surface area contributed by atoms with Crippen LogP contribution in [0.1, 0.15) is 25.7 Å². The summed E-state index contributed by atoms with van der Waals surface area (Å²) in [4.78, 5) is 13.3. The van der Waals surface area contributed by atoms with Crippen LogP contribution in [0.2, 0.25) is 0 Å². The molecule has 2 rings (SSSR count). The molecule has 1 aliphatic rings. The molecule has 0 amide bonds. The van der Waals surface area contributed by atoms with Gasteiger partial charge in [-0.25, -0.2) is 9.89 Å². The summed E-state index contributed by atoms with van der Waals surface area (Å²) in [6.45, 7) is 0. The fourth-order valence-electron chi connectivity index (χ4n) is 1.70. The van der Waals surface area contributed by atoms with Crippen molar-refractivity contribution >= 4 is 11.8 Å². The molecule has 0 radical (unpaired) electrons. The summed E-state index contributed by atoms with van der Waals surface area (Å²) in [6, 6.07) is 0. The molecule has 0 aromatic carbocycles. The third-order valence-electron chi connectivity index (χ3n) is 2.41. The first-order valence-corrected chi connectivity index (χ1v) is 5.60. The number of aromatic amines is 2. The standard InChI is InChI=1S/C8H13N3OS/c12-7-9-8(11-10-7)13-5-6-3-1-2-4-6/h6H,1-5H2,(H2,9,10,11,12). The van der Waals surface area contributed by atoms with Crippen molar-refractivity contribution < 1.29 is 0 Å². The minimum atomic E-state index is -0.214. The van der Waals surface area contributed by atoms with Gasteiger partial charge in [0.15, 0.2) is 5.16 Å². The Morgan fingerprint density at radius 1 is 1.46 bits per heavy atom. The Hall–Kier alpha value is -0.710. The van der Waals surface area contributed by atoms with E-state index in [1.807, 2.05) is 0 Å². The lowest BCUT2D eigenvalue weighted by molar-refractivity contribution is 0.622. The van der Waals surface area contributed by atoms with Crippen LogP contribution in [0.25, 0.3) is 0 Å². The van der Waals surface area contributed by atoms with Crippen molar-refractivity contribution in [2.24, 2.45) is 5.92 Å². The van der Waals surface area contributed by atoms with Crippen LogP contribution in [0.15, 0.2) is 9.95 Å².